The normalized spacial score (nSPS) is 10.2. The van der Waals surface area contributed by atoms with Crippen LogP contribution in [-0.4, -0.2) is 22.7 Å². The Kier molecular flexibility index (Phi) is 3.78. The Morgan fingerprint density at radius 2 is 2.39 bits per heavy atom. The second kappa shape index (κ2) is 5.50. The van der Waals surface area contributed by atoms with Gasteiger partial charge in [-0.1, -0.05) is 6.07 Å². The summed E-state index contributed by atoms with van der Waals surface area (Å²) in [6.45, 7) is 0.387. The van der Waals surface area contributed by atoms with Crippen molar-refractivity contribution in [3.05, 3.63) is 40.2 Å². The fraction of sp³-hybridized carbons (Fsp3) is 0.167. The Morgan fingerprint density at radius 1 is 1.56 bits per heavy atom. The molecule has 18 heavy (non-hydrogen) atoms. The summed E-state index contributed by atoms with van der Waals surface area (Å²) in [6, 6.07) is 5.31. The van der Waals surface area contributed by atoms with Crippen LogP contribution in [0, 0.1) is 0 Å². The average Bonchev–Trinajstić information content (AvgIpc) is 2.84. The summed E-state index contributed by atoms with van der Waals surface area (Å²) in [7, 11) is 0. The van der Waals surface area contributed by atoms with Crippen molar-refractivity contribution in [1.82, 2.24) is 4.98 Å². The van der Waals surface area contributed by atoms with Crippen molar-refractivity contribution >= 4 is 23.0 Å². The van der Waals surface area contributed by atoms with Gasteiger partial charge in [-0.2, -0.15) is 0 Å². The lowest BCUT2D eigenvalue weighted by molar-refractivity contribution is 0.0691. The highest BCUT2D eigenvalue weighted by molar-refractivity contribution is 7.09. The lowest BCUT2D eigenvalue weighted by Gasteiger charge is -2.07. The summed E-state index contributed by atoms with van der Waals surface area (Å²) in [5.74, 6) is -0.992. The highest BCUT2D eigenvalue weighted by atomic mass is 32.1. The van der Waals surface area contributed by atoms with Crippen LogP contribution < -0.4 is 10.5 Å². The molecular formula is C12H12N2O3S. The number of nitrogen functional groups attached to an aromatic ring is 1. The summed E-state index contributed by atoms with van der Waals surface area (Å²) in [6.07, 6.45) is 2.11. The Balaban J connectivity index is 2.02. The number of anilines is 1. The first kappa shape index (κ1) is 12.4. The van der Waals surface area contributed by atoms with Crippen molar-refractivity contribution in [3.63, 3.8) is 0 Å². The van der Waals surface area contributed by atoms with Crippen molar-refractivity contribution in [2.75, 3.05) is 12.3 Å². The number of pyridine rings is 1. The standard InChI is InChI=1S/C12H12N2O3S/c13-8-6-10(12(15)16)11(14-7-8)17-4-3-9-2-1-5-18-9/h1-2,5-7H,3-4,13H2,(H,15,16). The van der Waals surface area contributed by atoms with Gasteiger partial charge in [-0.05, 0) is 17.5 Å². The molecule has 2 heterocycles. The predicted molar refractivity (Wildman–Crippen MR) is 69.1 cm³/mol. The molecule has 0 unspecified atom stereocenters. The molecule has 3 N–H and O–H groups in total. The van der Waals surface area contributed by atoms with E-state index in [-0.39, 0.29) is 11.4 Å². The number of hydrogen-bond donors (Lipinski definition) is 2. The molecule has 0 saturated heterocycles. The molecule has 0 radical (unpaired) electrons. The molecule has 6 heteroatoms. The largest absolute Gasteiger partial charge is 0.477 e. The van der Waals surface area contributed by atoms with Crippen molar-refractivity contribution in [2.24, 2.45) is 0 Å². The van der Waals surface area contributed by atoms with E-state index in [1.807, 2.05) is 17.5 Å². The minimum atomic E-state index is -1.10. The highest BCUT2D eigenvalue weighted by Gasteiger charge is 2.13. The molecule has 0 fully saturated rings. The number of rotatable bonds is 5. The first-order valence-corrected chi connectivity index (χ1v) is 6.19. The first-order valence-electron chi connectivity index (χ1n) is 5.31. The molecule has 0 amide bonds. The number of hydrogen-bond acceptors (Lipinski definition) is 5. The SMILES string of the molecule is Nc1cnc(OCCc2cccs2)c(C(=O)O)c1. The van der Waals surface area contributed by atoms with Crippen LogP contribution in [0.3, 0.4) is 0 Å². The topological polar surface area (TPSA) is 85.4 Å². The van der Waals surface area contributed by atoms with Gasteiger partial charge in [-0.3, -0.25) is 0 Å². The van der Waals surface area contributed by atoms with Gasteiger partial charge in [0.25, 0.3) is 0 Å². The Labute approximate surface area is 108 Å². The highest BCUT2D eigenvalue weighted by Crippen LogP contribution is 2.18. The molecule has 5 nitrogen and oxygen atoms in total. The number of aromatic carboxylic acids is 1. The van der Waals surface area contributed by atoms with E-state index >= 15 is 0 Å². The summed E-state index contributed by atoms with van der Waals surface area (Å²) in [4.78, 5) is 16.1. The maximum absolute atomic E-state index is 11.0. The zero-order chi connectivity index (χ0) is 13.0. The van der Waals surface area contributed by atoms with Crippen LogP contribution in [0.1, 0.15) is 15.2 Å². The number of nitrogens with zero attached hydrogens (tertiary/aromatic N) is 1. The lowest BCUT2D eigenvalue weighted by atomic mass is 10.2. The Hall–Kier alpha value is -2.08. The van der Waals surface area contributed by atoms with Gasteiger partial charge in [-0.25, -0.2) is 9.78 Å². The molecule has 0 spiro atoms. The third kappa shape index (κ3) is 2.98. The molecule has 2 aromatic heterocycles. The van der Waals surface area contributed by atoms with E-state index in [1.165, 1.54) is 17.1 Å². The molecule has 2 aromatic rings. The Bertz CT molecular complexity index is 540. The van der Waals surface area contributed by atoms with Gasteiger partial charge in [0, 0.05) is 11.3 Å². The van der Waals surface area contributed by atoms with Crippen molar-refractivity contribution < 1.29 is 14.6 Å². The number of carbonyl (C=O) groups is 1. The number of ether oxygens (including phenoxy) is 1. The van der Waals surface area contributed by atoms with Gasteiger partial charge in [-0.15, -0.1) is 11.3 Å². The van der Waals surface area contributed by atoms with E-state index in [0.717, 1.165) is 6.42 Å². The average molecular weight is 264 g/mol. The quantitative estimate of drug-likeness (QED) is 0.863. The van der Waals surface area contributed by atoms with E-state index in [0.29, 0.717) is 12.3 Å². The van der Waals surface area contributed by atoms with Crippen LogP contribution in [0.15, 0.2) is 29.8 Å². The molecular weight excluding hydrogens is 252 g/mol. The van der Waals surface area contributed by atoms with Crippen LogP contribution in [0.2, 0.25) is 0 Å². The van der Waals surface area contributed by atoms with Gasteiger partial charge in [0.1, 0.15) is 5.56 Å². The van der Waals surface area contributed by atoms with Crippen LogP contribution in [0.25, 0.3) is 0 Å². The summed E-state index contributed by atoms with van der Waals surface area (Å²) in [5.41, 5.74) is 5.78. The molecule has 0 aliphatic rings. The lowest BCUT2D eigenvalue weighted by Crippen LogP contribution is -2.08. The minimum absolute atomic E-state index is 0.0128. The summed E-state index contributed by atoms with van der Waals surface area (Å²) < 4.78 is 5.39. The molecule has 0 aliphatic carbocycles. The molecule has 0 atom stereocenters. The maximum atomic E-state index is 11.0. The van der Waals surface area contributed by atoms with Crippen molar-refractivity contribution in [2.45, 2.75) is 6.42 Å². The fourth-order valence-corrected chi connectivity index (χ4v) is 2.13. The van der Waals surface area contributed by atoms with E-state index in [4.69, 9.17) is 15.6 Å². The summed E-state index contributed by atoms with van der Waals surface area (Å²) >= 11 is 1.63. The molecule has 0 aliphatic heterocycles. The zero-order valence-corrected chi connectivity index (χ0v) is 10.3. The van der Waals surface area contributed by atoms with Gasteiger partial charge >= 0.3 is 5.97 Å². The van der Waals surface area contributed by atoms with Crippen molar-refractivity contribution in [1.29, 1.82) is 0 Å². The maximum Gasteiger partial charge on any atom is 0.341 e. The fourth-order valence-electron chi connectivity index (χ4n) is 1.44. The molecule has 0 bridgehead atoms. The monoisotopic (exact) mass is 264 g/mol. The predicted octanol–water partition coefficient (Wildman–Crippen LogP) is 2.04. The zero-order valence-electron chi connectivity index (χ0n) is 9.50. The van der Waals surface area contributed by atoms with Gasteiger partial charge < -0.3 is 15.6 Å². The van der Waals surface area contributed by atoms with E-state index in [1.54, 1.807) is 11.3 Å². The minimum Gasteiger partial charge on any atom is -0.477 e. The molecule has 2 rings (SSSR count). The smallest absolute Gasteiger partial charge is 0.341 e. The number of aromatic nitrogens is 1. The number of carboxylic acid groups (broad SMARTS) is 1. The number of nitrogens with two attached hydrogens (primary N) is 1. The first-order chi connectivity index (χ1) is 8.66. The van der Waals surface area contributed by atoms with Crippen LogP contribution >= 0.6 is 11.3 Å². The summed E-state index contributed by atoms with van der Waals surface area (Å²) in [5, 5.41) is 11.0. The third-order valence-corrected chi connectivity index (χ3v) is 3.21. The van der Waals surface area contributed by atoms with E-state index in [2.05, 4.69) is 4.98 Å². The van der Waals surface area contributed by atoms with Crippen LogP contribution in [0.4, 0.5) is 5.69 Å². The van der Waals surface area contributed by atoms with Gasteiger partial charge in [0.2, 0.25) is 5.88 Å². The Morgan fingerprint density at radius 3 is 3.06 bits per heavy atom. The third-order valence-electron chi connectivity index (χ3n) is 2.27. The number of carboxylic acids is 1. The van der Waals surface area contributed by atoms with Gasteiger partial charge in [0.05, 0.1) is 18.5 Å². The second-order valence-corrected chi connectivity index (χ2v) is 4.64. The molecule has 0 aromatic carbocycles. The molecule has 0 saturated carbocycles. The van der Waals surface area contributed by atoms with E-state index in [9.17, 15) is 4.79 Å². The molecule has 94 valence electrons. The van der Waals surface area contributed by atoms with Crippen LogP contribution in [-0.2, 0) is 6.42 Å². The number of thiophene rings is 1. The van der Waals surface area contributed by atoms with E-state index < -0.39 is 5.97 Å². The van der Waals surface area contributed by atoms with Crippen LogP contribution in [0.5, 0.6) is 5.88 Å². The second-order valence-electron chi connectivity index (χ2n) is 3.60. The van der Waals surface area contributed by atoms with Crippen molar-refractivity contribution in [3.8, 4) is 5.88 Å². The van der Waals surface area contributed by atoms with Gasteiger partial charge in [0.15, 0.2) is 0 Å².